The van der Waals surface area contributed by atoms with Crippen molar-refractivity contribution < 1.29 is 24.2 Å². The lowest BCUT2D eigenvalue weighted by molar-refractivity contribution is -0.0974. The summed E-state index contributed by atoms with van der Waals surface area (Å²) in [5.41, 5.74) is 0.286. The molecule has 1 rings (SSSR count). The van der Waals surface area contributed by atoms with Crippen molar-refractivity contribution in [2.75, 3.05) is 20.8 Å². The number of hydrogen-bond acceptors (Lipinski definition) is 4. The van der Waals surface area contributed by atoms with E-state index in [2.05, 4.69) is 21.2 Å². The van der Waals surface area contributed by atoms with Gasteiger partial charge >= 0.3 is 5.97 Å². The highest BCUT2D eigenvalue weighted by Gasteiger charge is 2.15. The number of carbonyl (C=O) groups is 2. The van der Waals surface area contributed by atoms with Crippen LogP contribution in [0.3, 0.4) is 0 Å². The van der Waals surface area contributed by atoms with Crippen molar-refractivity contribution in [3.05, 3.63) is 33.8 Å². The first-order valence-electron chi connectivity index (χ1n) is 5.36. The van der Waals surface area contributed by atoms with Crippen molar-refractivity contribution in [2.45, 2.75) is 6.29 Å². The van der Waals surface area contributed by atoms with Crippen LogP contribution in [0.2, 0.25) is 0 Å². The van der Waals surface area contributed by atoms with Gasteiger partial charge in [0.1, 0.15) is 0 Å². The SMILES string of the molecule is COC(CNC(=O)c1cc(C(=O)O)ccc1Br)OC. The molecule has 0 aliphatic heterocycles. The Hall–Kier alpha value is -1.44. The number of amides is 1. The van der Waals surface area contributed by atoms with Crippen molar-refractivity contribution in [1.82, 2.24) is 5.32 Å². The van der Waals surface area contributed by atoms with Crippen LogP contribution in [0.1, 0.15) is 20.7 Å². The molecule has 104 valence electrons. The predicted octanol–water partition coefficient (Wildman–Crippen LogP) is 1.50. The third kappa shape index (κ3) is 4.30. The fourth-order valence-electron chi connectivity index (χ4n) is 1.37. The summed E-state index contributed by atoms with van der Waals surface area (Å²) in [6, 6.07) is 4.23. The topological polar surface area (TPSA) is 84.9 Å². The molecule has 19 heavy (non-hydrogen) atoms. The van der Waals surface area contributed by atoms with Gasteiger partial charge in [-0.1, -0.05) is 0 Å². The van der Waals surface area contributed by atoms with Crippen LogP contribution in [0.25, 0.3) is 0 Å². The minimum atomic E-state index is -1.09. The fraction of sp³-hybridized carbons (Fsp3) is 0.333. The van der Waals surface area contributed by atoms with Gasteiger partial charge in [0.2, 0.25) is 0 Å². The maximum atomic E-state index is 11.9. The number of aromatic carboxylic acids is 1. The average Bonchev–Trinajstić information content (AvgIpc) is 2.39. The van der Waals surface area contributed by atoms with Gasteiger partial charge in [0.05, 0.1) is 17.7 Å². The molecule has 1 amide bonds. The molecule has 0 atom stereocenters. The molecule has 1 aromatic rings. The van der Waals surface area contributed by atoms with Gasteiger partial charge in [-0.05, 0) is 34.1 Å². The first kappa shape index (κ1) is 15.6. The quantitative estimate of drug-likeness (QED) is 0.771. The maximum absolute atomic E-state index is 11.9. The molecule has 0 heterocycles. The summed E-state index contributed by atoms with van der Waals surface area (Å²) >= 11 is 3.21. The summed E-state index contributed by atoms with van der Waals surface area (Å²) in [4.78, 5) is 22.8. The molecule has 6 nitrogen and oxygen atoms in total. The largest absolute Gasteiger partial charge is 0.478 e. The third-order valence-electron chi connectivity index (χ3n) is 2.41. The molecule has 7 heteroatoms. The summed E-state index contributed by atoms with van der Waals surface area (Å²) in [7, 11) is 2.92. The van der Waals surface area contributed by atoms with E-state index in [9.17, 15) is 9.59 Å². The minimum absolute atomic E-state index is 0.0448. The Morgan fingerprint density at radius 1 is 1.37 bits per heavy atom. The lowest BCUT2D eigenvalue weighted by Gasteiger charge is -2.14. The maximum Gasteiger partial charge on any atom is 0.335 e. The number of rotatable bonds is 6. The summed E-state index contributed by atoms with van der Waals surface area (Å²) < 4.78 is 10.4. The summed E-state index contributed by atoms with van der Waals surface area (Å²) in [6.45, 7) is 0.162. The van der Waals surface area contributed by atoms with Crippen molar-refractivity contribution in [1.29, 1.82) is 0 Å². The van der Waals surface area contributed by atoms with Crippen LogP contribution < -0.4 is 5.32 Å². The lowest BCUT2D eigenvalue weighted by atomic mass is 10.1. The zero-order valence-electron chi connectivity index (χ0n) is 10.5. The molecule has 0 spiro atoms. The molecule has 1 aromatic carbocycles. The molecule has 2 N–H and O–H groups in total. The molecular formula is C12H14BrNO5. The second kappa shape index (κ2) is 7.22. The monoisotopic (exact) mass is 331 g/mol. The molecular weight excluding hydrogens is 318 g/mol. The van der Waals surface area contributed by atoms with Crippen LogP contribution >= 0.6 is 15.9 Å². The summed E-state index contributed by atoms with van der Waals surface area (Å²) in [5.74, 6) is -1.50. The highest BCUT2D eigenvalue weighted by atomic mass is 79.9. The van der Waals surface area contributed by atoms with E-state index in [-0.39, 0.29) is 17.7 Å². The van der Waals surface area contributed by atoms with Gasteiger partial charge in [0.15, 0.2) is 6.29 Å². The number of halogens is 1. The first-order valence-corrected chi connectivity index (χ1v) is 6.15. The molecule has 0 saturated carbocycles. The number of benzene rings is 1. The fourth-order valence-corrected chi connectivity index (χ4v) is 1.79. The van der Waals surface area contributed by atoms with Gasteiger partial charge in [0.25, 0.3) is 5.91 Å². The highest BCUT2D eigenvalue weighted by Crippen LogP contribution is 2.18. The Balaban J connectivity index is 2.81. The Kier molecular flexibility index (Phi) is 5.94. The summed E-state index contributed by atoms with van der Waals surface area (Å²) in [5, 5.41) is 11.5. The zero-order valence-corrected chi connectivity index (χ0v) is 12.1. The van der Waals surface area contributed by atoms with Crippen LogP contribution in [0.15, 0.2) is 22.7 Å². The van der Waals surface area contributed by atoms with E-state index in [0.29, 0.717) is 4.47 Å². The Morgan fingerprint density at radius 3 is 2.53 bits per heavy atom. The van der Waals surface area contributed by atoms with Gasteiger partial charge in [-0.25, -0.2) is 4.79 Å². The third-order valence-corrected chi connectivity index (χ3v) is 3.10. The van der Waals surface area contributed by atoms with Gasteiger partial charge in [-0.15, -0.1) is 0 Å². The number of ether oxygens (including phenoxy) is 2. The molecule has 0 unspecified atom stereocenters. The van der Waals surface area contributed by atoms with Crippen LogP contribution in [-0.2, 0) is 9.47 Å². The van der Waals surface area contributed by atoms with Gasteiger partial charge in [0, 0.05) is 18.7 Å². The van der Waals surface area contributed by atoms with Crippen LogP contribution in [0.4, 0.5) is 0 Å². The van der Waals surface area contributed by atoms with Crippen molar-refractivity contribution in [3.8, 4) is 0 Å². The van der Waals surface area contributed by atoms with E-state index in [0.717, 1.165) is 0 Å². The van der Waals surface area contributed by atoms with Crippen molar-refractivity contribution in [2.24, 2.45) is 0 Å². The molecule has 0 aliphatic carbocycles. The molecule has 0 saturated heterocycles. The Morgan fingerprint density at radius 2 is 2.00 bits per heavy atom. The summed E-state index contributed by atoms with van der Waals surface area (Å²) in [6.07, 6.45) is -0.551. The molecule has 0 aromatic heterocycles. The van der Waals surface area contributed by atoms with Crippen LogP contribution in [0.5, 0.6) is 0 Å². The molecule has 0 radical (unpaired) electrons. The highest BCUT2D eigenvalue weighted by molar-refractivity contribution is 9.10. The van der Waals surface area contributed by atoms with E-state index >= 15 is 0 Å². The predicted molar refractivity (Wildman–Crippen MR) is 71.2 cm³/mol. The van der Waals surface area contributed by atoms with Crippen molar-refractivity contribution in [3.63, 3.8) is 0 Å². The smallest absolute Gasteiger partial charge is 0.335 e. The Bertz CT molecular complexity index is 473. The van der Waals surface area contributed by atoms with E-state index < -0.39 is 18.2 Å². The average molecular weight is 332 g/mol. The van der Waals surface area contributed by atoms with Gasteiger partial charge in [-0.3, -0.25) is 4.79 Å². The van der Waals surface area contributed by atoms with Crippen molar-refractivity contribution >= 4 is 27.8 Å². The van der Waals surface area contributed by atoms with E-state index in [4.69, 9.17) is 14.6 Å². The number of carboxylic acid groups (broad SMARTS) is 1. The van der Waals surface area contributed by atoms with E-state index in [1.807, 2.05) is 0 Å². The normalized spacial score (nSPS) is 10.5. The van der Waals surface area contributed by atoms with Gasteiger partial charge < -0.3 is 19.9 Å². The number of carboxylic acids is 1. The zero-order chi connectivity index (χ0) is 14.4. The second-order valence-electron chi connectivity index (χ2n) is 3.61. The van der Waals surface area contributed by atoms with Gasteiger partial charge in [-0.2, -0.15) is 0 Å². The minimum Gasteiger partial charge on any atom is -0.478 e. The van der Waals surface area contributed by atoms with Crippen LogP contribution in [-0.4, -0.2) is 44.0 Å². The molecule has 0 fully saturated rings. The van der Waals surface area contributed by atoms with Crippen LogP contribution in [0, 0.1) is 0 Å². The lowest BCUT2D eigenvalue weighted by Crippen LogP contribution is -2.34. The van der Waals surface area contributed by atoms with E-state index in [1.54, 1.807) is 0 Å². The molecule has 0 bridgehead atoms. The number of nitrogens with one attached hydrogen (secondary N) is 1. The standard InChI is InChI=1S/C12H14BrNO5/c1-18-10(19-2)6-14-11(15)8-5-7(12(16)17)3-4-9(8)13/h3-5,10H,6H2,1-2H3,(H,14,15)(H,16,17). The number of hydrogen-bond donors (Lipinski definition) is 2. The first-order chi connectivity index (χ1) is 8.99. The molecule has 0 aliphatic rings. The van der Waals surface area contributed by atoms with E-state index in [1.165, 1.54) is 32.4 Å². The number of carbonyl (C=O) groups excluding carboxylic acids is 1. The Labute approximate surface area is 118 Å². The number of methoxy groups -OCH3 is 2. The second-order valence-corrected chi connectivity index (χ2v) is 4.47.